The van der Waals surface area contributed by atoms with Crippen LogP contribution >= 0.6 is 0 Å². The fourth-order valence-corrected chi connectivity index (χ4v) is 2.70. The van der Waals surface area contributed by atoms with E-state index in [9.17, 15) is 4.39 Å². The highest BCUT2D eigenvalue weighted by Crippen LogP contribution is 2.27. The van der Waals surface area contributed by atoms with Gasteiger partial charge in [0.05, 0.1) is 12.1 Å². The van der Waals surface area contributed by atoms with Crippen LogP contribution in [0.3, 0.4) is 0 Å². The lowest BCUT2D eigenvalue weighted by Crippen LogP contribution is -2.36. The predicted octanol–water partition coefficient (Wildman–Crippen LogP) is 2.15. The number of nitrogens with zero attached hydrogens (tertiary/aromatic N) is 4. The standard InChI is InChI=1S/C13H17FN4/c1-17-6-4-11-12(17)15-9-16-13(11)18-5-2-3-10(7-14)8-18/h4,6,9-10H,2-3,5,7-8H2,1H3. The highest BCUT2D eigenvalue weighted by molar-refractivity contribution is 5.87. The summed E-state index contributed by atoms with van der Waals surface area (Å²) in [7, 11) is 1.97. The van der Waals surface area contributed by atoms with E-state index in [1.807, 2.05) is 23.9 Å². The molecule has 1 atom stereocenters. The van der Waals surface area contributed by atoms with Gasteiger partial charge in [-0.2, -0.15) is 0 Å². The Bertz CT molecular complexity index is 551. The number of hydrogen-bond acceptors (Lipinski definition) is 3. The van der Waals surface area contributed by atoms with Crippen molar-refractivity contribution in [3.05, 3.63) is 18.6 Å². The molecule has 0 saturated carbocycles. The number of alkyl halides is 1. The van der Waals surface area contributed by atoms with Gasteiger partial charge < -0.3 is 9.47 Å². The number of aromatic nitrogens is 3. The van der Waals surface area contributed by atoms with Crippen LogP contribution in [0.1, 0.15) is 12.8 Å². The summed E-state index contributed by atoms with van der Waals surface area (Å²) in [6, 6.07) is 2.03. The third kappa shape index (κ3) is 1.83. The molecule has 0 amide bonds. The van der Waals surface area contributed by atoms with Crippen molar-refractivity contribution < 1.29 is 4.39 Å². The summed E-state index contributed by atoms with van der Waals surface area (Å²) in [5, 5.41) is 1.06. The molecule has 2 aromatic rings. The molecule has 96 valence electrons. The van der Waals surface area contributed by atoms with E-state index < -0.39 is 0 Å². The van der Waals surface area contributed by atoms with Gasteiger partial charge in [0.1, 0.15) is 17.8 Å². The van der Waals surface area contributed by atoms with Crippen molar-refractivity contribution in [2.45, 2.75) is 12.8 Å². The van der Waals surface area contributed by atoms with Crippen LogP contribution in [0.2, 0.25) is 0 Å². The Morgan fingerprint density at radius 1 is 1.44 bits per heavy atom. The lowest BCUT2D eigenvalue weighted by Gasteiger charge is -2.32. The van der Waals surface area contributed by atoms with Crippen molar-refractivity contribution >= 4 is 16.9 Å². The molecule has 1 aliphatic heterocycles. The van der Waals surface area contributed by atoms with Gasteiger partial charge in [0.25, 0.3) is 0 Å². The van der Waals surface area contributed by atoms with Crippen molar-refractivity contribution in [3.63, 3.8) is 0 Å². The Labute approximate surface area is 105 Å². The van der Waals surface area contributed by atoms with Gasteiger partial charge in [-0.15, -0.1) is 0 Å². The van der Waals surface area contributed by atoms with Crippen molar-refractivity contribution in [1.29, 1.82) is 0 Å². The quantitative estimate of drug-likeness (QED) is 0.816. The van der Waals surface area contributed by atoms with E-state index in [1.54, 1.807) is 6.33 Å². The third-order valence-corrected chi connectivity index (χ3v) is 3.68. The smallest absolute Gasteiger partial charge is 0.145 e. The second-order valence-corrected chi connectivity index (χ2v) is 4.97. The van der Waals surface area contributed by atoms with E-state index in [0.29, 0.717) is 0 Å². The molecule has 1 fully saturated rings. The van der Waals surface area contributed by atoms with Crippen molar-refractivity contribution in [1.82, 2.24) is 14.5 Å². The van der Waals surface area contributed by atoms with E-state index in [1.165, 1.54) is 0 Å². The summed E-state index contributed by atoms with van der Waals surface area (Å²) in [6.07, 6.45) is 5.60. The van der Waals surface area contributed by atoms with E-state index in [2.05, 4.69) is 14.9 Å². The molecule has 0 aromatic carbocycles. The van der Waals surface area contributed by atoms with Crippen LogP contribution < -0.4 is 4.90 Å². The number of rotatable bonds is 2. The Balaban J connectivity index is 1.98. The minimum atomic E-state index is -0.237. The topological polar surface area (TPSA) is 34.0 Å². The summed E-state index contributed by atoms with van der Waals surface area (Å²) in [6.45, 7) is 1.48. The first-order valence-electron chi connectivity index (χ1n) is 6.36. The van der Waals surface area contributed by atoms with Gasteiger partial charge in [-0.25, -0.2) is 9.97 Å². The average molecular weight is 248 g/mol. The van der Waals surface area contributed by atoms with Crippen LogP contribution in [0, 0.1) is 5.92 Å². The normalized spacial score (nSPS) is 20.6. The molecule has 0 spiro atoms. The van der Waals surface area contributed by atoms with Crippen LogP contribution in [0.15, 0.2) is 18.6 Å². The van der Waals surface area contributed by atoms with Gasteiger partial charge in [0.2, 0.25) is 0 Å². The van der Waals surface area contributed by atoms with Crippen LogP contribution in [0.25, 0.3) is 11.0 Å². The molecule has 3 heterocycles. The SMILES string of the molecule is Cn1ccc2c(N3CCCC(CF)C3)ncnc21. The molecule has 1 saturated heterocycles. The molecule has 2 aromatic heterocycles. The fraction of sp³-hybridized carbons (Fsp3) is 0.538. The first kappa shape index (κ1) is 11.4. The zero-order valence-electron chi connectivity index (χ0n) is 10.5. The zero-order valence-corrected chi connectivity index (χ0v) is 10.5. The molecule has 5 heteroatoms. The molecule has 1 aliphatic rings. The summed E-state index contributed by atoms with van der Waals surface area (Å²) in [5.74, 6) is 1.09. The van der Waals surface area contributed by atoms with Gasteiger partial charge in [-0.05, 0) is 18.9 Å². The molecule has 0 bridgehead atoms. The zero-order chi connectivity index (χ0) is 12.5. The molecule has 3 rings (SSSR count). The van der Waals surface area contributed by atoms with Gasteiger partial charge >= 0.3 is 0 Å². The van der Waals surface area contributed by atoms with E-state index >= 15 is 0 Å². The Morgan fingerprint density at radius 2 is 2.33 bits per heavy atom. The largest absolute Gasteiger partial charge is 0.356 e. The monoisotopic (exact) mass is 248 g/mol. The van der Waals surface area contributed by atoms with Crippen LogP contribution in [0.5, 0.6) is 0 Å². The number of aryl methyl sites for hydroxylation is 1. The molecule has 4 nitrogen and oxygen atoms in total. The van der Waals surface area contributed by atoms with Gasteiger partial charge in [-0.3, -0.25) is 4.39 Å². The maximum absolute atomic E-state index is 12.8. The van der Waals surface area contributed by atoms with Gasteiger partial charge in [-0.1, -0.05) is 0 Å². The molecule has 18 heavy (non-hydrogen) atoms. The highest BCUT2D eigenvalue weighted by Gasteiger charge is 2.22. The number of hydrogen-bond donors (Lipinski definition) is 0. The van der Waals surface area contributed by atoms with Crippen molar-refractivity contribution in [2.24, 2.45) is 13.0 Å². The number of anilines is 1. The van der Waals surface area contributed by atoms with Crippen LogP contribution in [-0.2, 0) is 7.05 Å². The summed E-state index contributed by atoms with van der Waals surface area (Å²) in [4.78, 5) is 10.9. The van der Waals surface area contributed by atoms with E-state index in [4.69, 9.17) is 0 Å². The predicted molar refractivity (Wildman–Crippen MR) is 69.4 cm³/mol. The maximum atomic E-state index is 12.8. The fourth-order valence-electron chi connectivity index (χ4n) is 2.70. The average Bonchev–Trinajstić information content (AvgIpc) is 2.81. The number of fused-ring (bicyclic) bond motifs is 1. The summed E-state index contributed by atoms with van der Waals surface area (Å²) in [5.41, 5.74) is 0.933. The van der Waals surface area contributed by atoms with Crippen LogP contribution in [0.4, 0.5) is 10.2 Å². The van der Waals surface area contributed by atoms with Crippen LogP contribution in [-0.4, -0.2) is 34.3 Å². The minimum Gasteiger partial charge on any atom is -0.356 e. The van der Waals surface area contributed by atoms with Gasteiger partial charge in [0, 0.05) is 32.3 Å². The number of halogens is 1. The molecule has 0 radical (unpaired) electrons. The highest BCUT2D eigenvalue weighted by atomic mass is 19.1. The first-order valence-corrected chi connectivity index (χ1v) is 6.36. The molecule has 0 aliphatic carbocycles. The lowest BCUT2D eigenvalue weighted by atomic mass is 9.99. The summed E-state index contributed by atoms with van der Waals surface area (Å²) >= 11 is 0. The molecule has 0 N–H and O–H groups in total. The molecular formula is C13H17FN4. The van der Waals surface area contributed by atoms with Gasteiger partial charge in [0.15, 0.2) is 0 Å². The lowest BCUT2D eigenvalue weighted by molar-refractivity contribution is 0.315. The first-order chi connectivity index (χ1) is 8.79. The second-order valence-electron chi connectivity index (χ2n) is 4.97. The molecule has 1 unspecified atom stereocenters. The Morgan fingerprint density at radius 3 is 3.17 bits per heavy atom. The maximum Gasteiger partial charge on any atom is 0.145 e. The number of piperidine rings is 1. The van der Waals surface area contributed by atoms with E-state index in [0.717, 1.165) is 42.8 Å². The third-order valence-electron chi connectivity index (χ3n) is 3.68. The van der Waals surface area contributed by atoms with Crippen molar-refractivity contribution in [3.8, 4) is 0 Å². The summed E-state index contributed by atoms with van der Waals surface area (Å²) < 4.78 is 14.8. The minimum absolute atomic E-state index is 0.146. The van der Waals surface area contributed by atoms with Crippen molar-refractivity contribution in [2.75, 3.05) is 24.7 Å². The second kappa shape index (κ2) is 4.55. The Kier molecular flexibility index (Phi) is 2.89. The molecular weight excluding hydrogens is 231 g/mol. The van der Waals surface area contributed by atoms with E-state index in [-0.39, 0.29) is 12.6 Å². The Hall–Kier alpha value is -1.65.